The highest BCUT2D eigenvalue weighted by Crippen LogP contribution is 2.40. The third-order valence-electron chi connectivity index (χ3n) is 3.55. The number of carbonyl (C=O) groups excluding carboxylic acids is 1. The molecule has 0 aliphatic heterocycles. The van der Waals surface area contributed by atoms with E-state index in [4.69, 9.17) is 18.9 Å². The zero-order valence-corrected chi connectivity index (χ0v) is 16.3. The van der Waals surface area contributed by atoms with Crippen molar-refractivity contribution in [1.82, 2.24) is 0 Å². The van der Waals surface area contributed by atoms with Gasteiger partial charge in [0, 0.05) is 6.42 Å². The summed E-state index contributed by atoms with van der Waals surface area (Å²) in [6, 6.07) is 3.63. The number of hydrogen-bond acceptors (Lipinski definition) is 5. The van der Waals surface area contributed by atoms with E-state index in [1.807, 2.05) is 52.8 Å². The van der Waals surface area contributed by atoms with Crippen LogP contribution in [-0.4, -0.2) is 26.8 Å². The van der Waals surface area contributed by atoms with Gasteiger partial charge in [0.15, 0.2) is 11.5 Å². The van der Waals surface area contributed by atoms with Crippen molar-refractivity contribution in [2.45, 2.75) is 47.1 Å². The molecule has 0 aromatic heterocycles. The Bertz CT molecular complexity index is 575. The van der Waals surface area contributed by atoms with Gasteiger partial charge < -0.3 is 18.9 Å². The molecular weight excluding hydrogens is 320 g/mol. The van der Waals surface area contributed by atoms with Gasteiger partial charge in [0.05, 0.1) is 14.2 Å². The van der Waals surface area contributed by atoms with Crippen molar-refractivity contribution >= 4 is 5.97 Å². The first-order chi connectivity index (χ1) is 11.8. The summed E-state index contributed by atoms with van der Waals surface area (Å²) in [6.07, 6.45) is 1.96. The lowest BCUT2D eigenvalue weighted by molar-refractivity contribution is -0.149. The number of allylic oxidation sites excluding steroid dienone is 1. The van der Waals surface area contributed by atoms with Gasteiger partial charge in [0.25, 0.3) is 0 Å². The van der Waals surface area contributed by atoms with Crippen LogP contribution < -0.4 is 14.2 Å². The van der Waals surface area contributed by atoms with E-state index in [0.717, 1.165) is 5.56 Å². The molecule has 0 spiro atoms. The van der Waals surface area contributed by atoms with Crippen molar-refractivity contribution in [2.24, 2.45) is 5.92 Å². The van der Waals surface area contributed by atoms with Gasteiger partial charge in [-0.05, 0) is 50.5 Å². The molecule has 0 heterocycles. The van der Waals surface area contributed by atoms with Crippen molar-refractivity contribution in [3.8, 4) is 17.2 Å². The summed E-state index contributed by atoms with van der Waals surface area (Å²) in [5, 5.41) is 0. The molecule has 0 saturated heterocycles. The Balaban J connectivity index is 3.02. The molecule has 0 N–H and O–H groups in total. The number of rotatable bonds is 9. The van der Waals surface area contributed by atoms with Crippen molar-refractivity contribution in [3.63, 3.8) is 0 Å². The molecule has 0 fully saturated rings. The van der Waals surface area contributed by atoms with Crippen LogP contribution in [0.1, 0.15) is 52.7 Å². The van der Waals surface area contributed by atoms with Gasteiger partial charge in [-0.25, -0.2) is 0 Å². The smallest absolute Gasteiger partial charge is 0.306 e. The number of ether oxygens (including phenoxy) is 4. The number of hydrogen-bond donors (Lipinski definition) is 0. The average Bonchev–Trinajstić information content (AvgIpc) is 2.53. The number of esters is 1. The minimum absolute atomic E-state index is 0.218. The molecule has 0 aliphatic rings. The Morgan fingerprint density at radius 3 is 2.08 bits per heavy atom. The molecule has 0 radical (unpaired) electrons. The van der Waals surface area contributed by atoms with Crippen LogP contribution in [-0.2, 0) is 9.53 Å². The second-order valence-corrected chi connectivity index (χ2v) is 6.58. The predicted octanol–water partition coefficient (Wildman–Crippen LogP) is 4.70. The van der Waals surface area contributed by atoms with Crippen LogP contribution in [0.3, 0.4) is 0 Å². The Morgan fingerprint density at radius 1 is 1.08 bits per heavy atom. The van der Waals surface area contributed by atoms with Gasteiger partial charge in [-0.15, -0.1) is 0 Å². The maximum Gasteiger partial charge on any atom is 0.306 e. The lowest BCUT2D eigenvalue weighted by atomic mass is 10.1. The highest BCUT2D eigenvalue weighted by atomic mass is 16.5. The summed E-state index contributed by atoms with van der Waals surface area (Å²) in [5.74, 6) is 1.66. The zero-order chi connectivity index (χ0) is 19.0. The molecule has 140 valence electrons. The lowest BCUT2D eigenvalue weighted by Gasteiger charge is -2.19. The Labute approximate surface area is 150 Å². The van der Waals surface area contributed by atoms with Gasteiger partial charge in [-0.3, -0.25) is 4.79 Å². The quantitative estimate of drug-likeness (QED) is 0.477. The lowest BCUT2D eigenvalue weighted by Crippen LogP contribution is -2.11. The van der Waals surface area contributed by atoms with E-state index in [1.54, 1.807) is 14.2 Å². The third-order valence-corrected chi connectivity index (χ3v) is 3.55. The van der Waals surface area contributed by atoms with E-state index < -0.39 is 6.10 Å². The molecule has 5 heteroatoms. The van der Waals surface area contributed by atoms with Crippen molar-refractivity contribution < 1.29 is 23.7 Å². The first kappa shape index (κ1) is 20.9. The van der Waals surface area contributed by atoms with Crippen LogP contribution in [0, 0.1) is 5.92 Å². The molecule has 0 aliphatic carbocycles. The van der Waals surface area contributed by atoms with E-state index in [2.05, 4.69) is 0 Å². The van der Waals surface area contributed by atoms with E-state index in [9.17, 15) is 4.79 Å². The zero-order valence-electron chi connectivity index (χ0n) is 16.3. The summed E-state index contributed by atoms with van der Waals surface area (Å²) < 4.78 is 22.2. The summed E-state index contributed by atoms with van der Waals surface area (Å²) in [5.41, 5.74) is 1.96. The Kier molecular flexibility index (Phi) is 8.32. The first-order valence-corrected chi connectivity index (χ1v) is 8.50. The standard InChI is InChI=1S/C20H30O5/c1-13(2)8-9-24-20-17(22-6)11-16(12-18(20)23-7)15(5)25-19(21)10-14(3)4/h8,11-12,14-15H,9-10H2,1-7H3/t15-/m0/s1. The highest BCUT2D eigenvalue weighted by molar-refractivity contribution is 5.70. The van der Waals surface area contributed by atoms with Crippen LogP contribution in [0.15, 0.2) is 23.8 Å². The normalized spacial score (nSPS) is 11.7. The Hall–Kier alpha value is -2.17. The largest absolute Gasteiger partial charge is 0.493 e. The molecule has 0 bridgehead atoms. The van der Waals surface area contributed by atoms with E-state index >= 15 is 0 Å². The summed E-state index contributed by atoms with van der Waals surface area (Å²) >= 11 is 0. The van der Waals surface area contributed by atoms with Crippen molar-refractivity contribution in [2.75, 3.05) is 20.8 Å². The summed E-state index contributed by atoms with van der Waals surface area (Å²) in [6.45, 7) is 10.2. The van der Waals surface area contributed by atoms with Gasteiger partial charge in [-0.1, -0.05) is 19.4 Å². The van der Waals surface area contributed by atoms with Crippen LogP contribution in [0.25, 0.3) is 0 Å². The molecule has 0 amide bonds. The topological polar surface area (TPSA) is 54.0 Å². The van der Waals surface area contributed by atoms with Crippen LogP contribution in [0.2, 0.25) is 0 Å². The molecule has 0 saturated carbocycles. The van der Waals surface area contributed by atoms with Crippen LogP contribution in [0.5, 0.6) is 17.2 Å². The number of carbonyl (C=O) groups is 1. The van der Waals surface area contributed by atoms with E-state index in [-0.39, 0.29) is 11.9 Å². The van der Waals surface area contributed by atoms with Crippen LogP contribution >= 0.6 is 0 Å². The summed E-state index contributed by atoms with van der Waals surface area (Å²) in [4.78, 5) is 11.9. The third kappa shape index (κ3) is 6.69. The first-order valence-electron chi connectivity index (χ1n) is 8.50. The number of benzene rings is 1. The molecule has 5 nitrogen and oxygen atoms in total. The molecule has 0 unspecified atom stereocenters. The molecule has 1 aromatic carbocycles. The van der Waals surface area contributed by atoms with Gasteiger partial charge in [0.2, 0.25) is 5.75 Å². The van der Waals surface area contributed by atoms with E-state index in [1.165, 1.54) is 5.57 Å². The number of methoxy groups -OCH3 is 2. The maximum atomic E-state index is 11.9. The van der Waals surface area contributed by atoms with Gasteiger partial charge >= 0.3 is 5.97 Å². The second kappa shape index (κ2) is 9.97. The van der Waals surface area contributed by atoms with Gasteiger partial charge in [-0.2, -0.15) is 0 Å². The molecule has 1 rings (SSSR count). The minimum Gasteiger partial charge on any atom is -0.493 e. The molecule has 1 aromatic rings. The second-order valence-electron chi connectivity index (χ2n) is 6.58. The summed E-state index contributed by atoms with van der Waals surface area (Å²) in [7, 11) is 3.14. The fourth-order valence-electron chi connectivity index (χ4n) is 2.22. The monoisotopic (exact) mass is 350 g/mol. The van der Waals surface area contributed by atoms with Gasteiger partial charge in [0.1, 0.15) is 12.7 Å². The predicted molar refractivity (Wildman–Crippen MR) is 98.4 cm³/mol. The average molecular weight is 350 g/mol. The van der Waals surface area contributed by atoms with Crippen LogP contribution in [0.4, 0.5) is 0 Å². The highest BCUT2D eigenvalue weighted by Gasteiger charge is 2.19. The van der Waals surface area contributed by atoms with Crippen molar-refractivity contribution in [3.05, 3.63) is 29.3 Å². The molecule has 1 atom stereocenters. The fraction of sp³-hybridized carbons (Fsp3) is 0.550. The van der Waals surface area contributed by atoms with Crippen molar-refractivity contribution in [1.29, 1.82) is 0 Å². The minimum atomic E-state index is -0.402. The fourth-order valence-corrected chi connectivity index (χ4v) is 2.22. The SMILES string of the molecule is COc1cc([C@H](C)OC(=O)CC(C)C)cc(OC)c1OCC=C(C)C. The Morgan fingerprint density at radius 2 is 1.64 bits per heavy atom. The maximum absolute atomic E-state index is 11.9. The molecule has 25 heavy (non-hydrogen) atoms. The molecular formula is C20H30O5. The van der Waals surface area contributed by atoms with E-state index in [0.29, 0.717) is 30.3 Å².